The van der Waals surface area contributed by atoms with E-state index >= 15 is 4.39 Å². The van der Waals surface area contributed by atoms with Gasteiger partial charge in [-0.3, -0.25) is 0 Å². The first-order valence-corrected chi connectivity index (χ1v) is 11.5. The molecule has 2 aromatic heterocycles. The molecular weight excluding hydrogens is 482 g/mol. The van der Waals surface area contributed by atoms with Crippen LogP contribution in [0.4, 0.5) is 13.8 Å². The van der Waals surface area contributed by atoms with Crippen molar-refractivity contribution in [3.63, 3.8) is 0 Å². The van der Waals surface area contributed by atoms with E-state index < -0.39 is 11.6 Å². The molecule has 0 unspecified atom stereocenters. The Morgan fingerprint density at radius 3 is 2.56 bits per heavy atom. The third-order valence-corrected chi connectivity index (χ3v) is 7.26. The number of rotatable bonds is 4. The topological polar surface area (TPSA) is 105 Å². The summed E-state index contributed by atoms with van der Waals surface area (Å²) < 4.78 is 42.0. The number of benzene rings is 2. The molecule has 1 fully saturated rings. The van der Waals surface area contributed by atoms with E-state index in [9.17, 15) is 14.9 Å². The highest BCUT2D eigenvalue weighted by Gasteiger charge is 2.29. The number of thiophene rings is 1. The number of nitrogens with zero attached hydrogens (tertiary/aromatic N) is 3. The maximum absolute atomic E-state index is 16.1. The second-order valence-corrected chi connectivity index (χ2v) is 9.26. The van der Waals surface area contributed by atoms with Crippen molar-refractivity contribution in [2.75, 3.05) is 12.8 Å². The first-order valence-electron chi connectivity index (χ1n) is 10.3. The van der Waals surface area contributed by atoms with Gasteiger partial charge in [0.1, 0.15) is 28.5 Å². The molecule has 2 aromatic carbocycles. The van der Waals surface area contributed by atoms with Crippen LogP contribution in [0, 0.1) is 34.3 Å². The van der Waals surface area contributed by atoms with Crippen LogP contribution in [0.2, 0.25) is 5.02 Å². The molecule has 0 saturated heterocycles. The summed E-state index contributed by atoms with van der Waals surface area (Å²) in [5, 5.41) is 19.8. The van der Waals surface area contributed by atoms with Gasteiger partial charge in [0, 0.05) is 16.3 Å². The van der Waals surface area contributed by atoms with Crippen LogP contribution in [0.5, 0.6) is 11.6 Å². The van der Waals surface area contributed by atoms with Crippen LogP contribution < -0.4 is 15.2 Å². The lowest BCUT2D eigenvalue weighted by molar-refractivity contribution is 0.121. The highest BCUT2D eigenvalue weighted by molar-refractivity contribution is 7.23. The number of aromatic nitrogens is 1. The fourth-order valence-electron chi connectivity index (χ4n) is 4.06. The first-order chi connectivity index (χ1) is 16.4. The van der Waals surface area contributed by atoms with Crippen molar-refractivity contribution < 1.29 is 18.3 Å². The van der Waals surface area contributed by atoms with Gasteiger partial charge < -0.3 is 15.2 Å². The zero-order chi connectivity index (χ0) is 24.1. The Kier molecular flexibility index (Phi) is 5.40. The van der Waals surface area contributed by atoms with Crippen molar-refractivity contribution in [2.24, 2.45) is 0 Å². The van der Waals surface area contributed by atoms with Crippen LogP contribution in [0.1, 0.15) is 30.4 Å². The molecule has 6 nitrogen and oxygen atoms in total. The minimum atomic E-state index is -0.815. The van der Waals surface area contributed by atoms with Crippen molar-refractivity contribution >= 4 is 48.9 Å². The Balaban J connectivity index is 1.86. The number of anilines is 1. The lowest BCUT2D eigenvalue weighted by Crippen LogP contribution is -2.25. The molecule has 0 radical (unpaired) electrons. The van der Waals surface area contributed by atoms with Crippen molar-refractivity contribution in [1.29, 1.82) is 10.5 Å². The van der Waals surface area contributed by atoms with E-state index in [-0.39, 0.29) is 71.0 Å². The van der Waals surface area contributed by atoms with Gasteiger partial charge in [-0.1, -0.05) is 17.7 Å². The van der Waals surface area contributed by atoms with Gasteiger partial charge in [0.15, 0.2) is 17.1 Å². The molecule has 2 heterocycles. The molecule has 10 heteroatoms. The van der Waals surface area contributed by atoms with Gasteiger partial charge in [-0.15, -0.1) is 11.3 Å². The standard InChI is InChI=1S/C24H15ClF2N4O2S/c1-32-24-14(9-29)21(33-10-3-2-4-10)12-7-15(25)18(19(27)20(12)31-24)11-5-6-16(26)22-17(11)13(8-28)23(30)34-22/h5-7,10H,2-4,30H2,1H3. The van der Waals surface area contributed by atoms with Crippen LogP contribution in [-0.4, -0.2) is 18.2 Å². The molecule has 5 rings (SSSR count). The zero-order valence-corrected chi connectivity index (χ0v) is 19.3. The van der Waals surface area contributed by atoms with Gasteiger partial charge >= 0.3 is 0 Å². The second kappa shape index (κ2) is 8.28. The van der Waals surface area contributed by atoms with Crippen LogP contribution in [0.25, 0.3) is 32.1 Å². The minimum absolute atomic E-state index is 0.0131. The SMILES string of the molecule is COc1nc2c(F)c(-c3ccc(F)c4sc(N)c(C#N)c34)c(Cl)cc2c(OC2CCC2)c1C#N. The summed E-state index contributed by atoms with van der Waals surface area (Å²) in [5.41, 5.74) is 6.04. The molecule has 1 aliphatic carbocycles. The van der Waals surface area contributed by atoms with Gasteiger partial charge in [0.2, 0.25) is 5.88 Å². The average molecular weight is 497 g/mol. The summed E-state index contributed by atoms with van der Waals surface area (Å²) in [6, 6.07) is 7.99. The number of nitrogens with two attached hydrogens (primary N) is 1. The molecule has 1 aliphatic rings. The maximum atomic E-state index is 16.1. The van der Waals surface area contributed by atoms with Gasteiger partial charge in [0.25, 0.3) is 0 Å². The van der Waals surface area contributed by atoms with Gasteiger partial charge in [-0.2, -0.15) is 10.5 Å². The summed E-state index contributed by atoms with van der Waals surface area (Å²) in [4.78, 5) is 4.23. The van der Waals surface area contributed by atoms with Crippen molar-refractivity contribution in [3.05, 3.63) is 46.0 Å². The van der Waals surface area contributed by atoms with E-state index in [1.54, 1.807) is 0 Å². The lowest BCUT2D eigenvalue weighted by Gasteiger charge is -2.28. The molecule has 0 bridgehead atoms. The van der Waals surface area contributed by atoms with Crippen LogP contribution in [0.15, 0.2) is 18.2 Å². The molecule has 34 heavy (non-hydrogen) atoms. The van der Waals surface area contributed by atoms with E-state index in [0.29, 0.717) is 0 Å². The molecular formula is C24H15ClF2N4O2S. The van der Waals surface area contributed by atoms with E-state index in [4.69, 9.17) is 26.8 Å². The fraction of sp³-hybridized carbons (Fsp3) is 0.208. The zero-order valence-electron chi connectivity index (χ0n) is 17.7. The van der Waals surface area contributed by atoms with E-state index in [1.165, 1.54) is 25.3 Å². The quantitative estimate of drug-likeness (QED) is 0.354. The molecule has 0 amide bonds. The number of nitrogen functional groups attached to an aromatic ring is 1. The molecule has 0 spiro atoms. The number of hydrogen-bond acceptors (Lipinski definition) is 7. The predicted octanol–water partition coefficient (Wildman–Crippen LogP) is 6.31. The van der Waals surface area contributed by atoms with Crippen molar-refractivity contribution in [1.82, 2.24) is 4.98 Å². The van der Waals surface area contributed by atoms with E-state index in [0.717, 1.165) is 30.6 Å². The molecule has 0 atom stereocenters. The average Bonchev–Trinajstić information content (AvgIpc) is 3.14. The number of pyridine rings is 1. The fourth-order valence-corrected chi connectivity index (χ4v) is 5.30. The summed E-state index contributed by atoms with van der Waals surface area (Å²) in [6.45, 7) is 0. The number of halogens is 3. The number of hydrogen-bond donors (Lipinski definition) is 1. The summed E-state index contributed by atoms with van der Waals surface area (Å²) in [5.74, 6) is -1.32. The Bertz CT molecular complexity index is 1590. The van der Waals surface area contributed by atoms with Crippen molar-refractivity contribution in [3.8, 4) is 34.9 Å². The van der Waals surface area contributed by atoms with E-state index in [2.05, 4.69) is 4.98 Å². The third-order valence-electron chi connectivity index (χ3n) is 5.93. The van der Waals surface area contributed by atoms with Crippen LogP contribution in [0.3, 0.4) is 0 Å². The molecule has 4 aromatic rings. The van der Waals surface area contributed by atoms with E-state index in [1.807, 2.05) is 12.1 Å². The number of nitriles is 2. The molecule has 0 aliphatic heterocycles. The third kappa shape index (κ3) is 3.20. The maximum Gasteiger partial charge on any atom is 0.235 e. The predicted molar refractivity (Wildman–Crippen MR) is 126 cm³/mol. The summed E-state index contributed by atoms with van der Waals surface area (Å²) in [7, 11) is 1.33. The monoisotopic (exact) mass is 496 g/mol. The first kappa shape index (κ1) is 22.1. The Labute approximate surface area is 201 Å². The molecule has 1 saturated carbocycles. The highest BCUT2D eigenvalue weighted by Crippen LogP contribution is 2.47. The minimum Gasteiger partial charge on any atom is -0.488 e. The smallest absolute Gasteiger partial charge is 0.235 e. The Morgan fingerprint density at radius 2 is 1.94 bits per heavy atom. The number of ether oxygens (including phenoxy) is 2. The largest absolute Gasteiger partial charge is 0.488 e. The summed E-state index contributed by atoms with van der Waals surface area (Å²) >= 11 is 7.48. The van der Waals surface area contributed by atoms with Gasteiger partial charge in [-0.05, 0) is 37.0 Å². The molecule has 170 valence electrons. The number of methoxy groups -OCH3 is 1. The van der Waals surface area contributed by atoms with Crippen molar-refractivity contribution in [2.45, 2.75) is 25.4 Å². The van der Waals surface area contributed by atoms with Crippen LogP contribution >= 0.6 is 22.9 Å². The lowest BCUT2D eigenvalue weighted by atomic mass is 9.95. The summed E-state index contributed by atoms with van der Waals surface area (Å²) in [6.07, 6.45) is 2.52. The van der Waals surface area contributed by atoms with Gasteiger partial charge in [0.05, 0.1) is 28.5 Å². The molecule has 2 N–H and O–H groups in total. The highest BCUT2D eigenvalue weighted by atomic mass is 35.5. The van der Waals surface area contributed by atoms with Gasteiger partial charge in [-0.25, -0.2) is 13.8 Å². The Morgan fingerprint density at radius 1 is 1.21 bits per heavy atom. The normalized spacial score (nSPS) is 13.5. The second-order valence-electron chi connectivity index (χ2n) is 7.80. The number of fused-ring (bicyclic) bond motifs is 2. The van der Waals surface area contributed by atoms with Crippen LogP contribution in [-0.2, 0) is 0 Å². The Hall–Kier alpha value is -3.66.